The smallest absolute Gasteiger partial charge is 0.0467 e. The van der Waals surface area contributed by atoms with Gasteiger partial charge in [0.2, 0.25) is 0 Å². The van der Waals surface area contributed by atoms with E-state index in [1.165, 1.54) is 32.5 Å². The van der Waals surface area contributed by atoms with Crippen molar-refractivity contribution in [3.05, 3.63) is 0 Å². The summed E-state index contributed by atoms with van der Waals surface area (Å²) in [6, 6.07) is 1.29. The molecule has 1 saturated heterocycles. The molecule has 2 unspecified atom stereocenters. The maximum absolute atomic E-state index is 5.22. The molecule has 1 heterocycles. The minimum atomic E-state index is 0.356. The Hall–Kier alpha value is -0.120. The molecule has 18 heavy (non-hydrogen) atoms. The molecule has 0 aromatic rings. The van der Waals surface area contributed by atoms with E-state index in [1.807, 2.05) is 0 Å². The molecule has 1 aliphatic rings. The Morgan fingerprint density at radius 3 is 2.22 bits per heavy atom. The highest BCUT2D eigenvalue weighted by molar-refractivity contribution is 4.79. The van der Waals surface area contributed by atoms with Gasteiger partial charge in [-0.3, -0.25) is 0 Å². The van der Waals surface area contributed by atoms with Gasteiger partial charge in [0.25, 0.3) is 0 Å². The van der Waals surface area contributed by atoms with Gasteiger partial charge in [0.15, 0.2) is 0 Å². The number of hydrogen-bond acceptors (Lipinski definition) is 3. The fourth-order valence-corrected chi connectivity index (χ4v) is 2.74. The van der Waals surface area contributed by atoms with Crippen LogP contribution in [-0.2, 0) is 4.74 Å². The third-order valence-electron chi connectivity index (χ3n) is 3.96. The second kappa shape index (κ2) is 7.46. The maximum atomic E-state index is 5.22. The molecular weight excluding hydrogens is 224 g/mol. The summed E-state index contributed by atoms with van der Waals surface area (Å²) in [5.74, 6) is 0. The van der Waals surface area contributed by atoms with Gasteiger partial charge >= 0.3 is 0 Å². The van der Waals surface area contributed by atoms with E-state index in [2.05, 4.69) is 37.9 Å². The normalized spacial score (nSPS) is 27.8. The van der Waals surface area contributed by atoms with Gasteiger partial charge in [-0.2, -0.15) is 0 Å². The number of methoxy groups -OCH3 is 1. The Kier molecular flexibility index (Phi) is 6.61. The molecule has 0 saturated carbocycles. The van der Waals surface area contributed by atoms with Crippen LogP contribution in [0, 0.1) is 5.41 Å². The first-order valence-electron chi connectivity index (χ1n) is 7.40. The largest absolute Gasteiger partial charge is 0.385 e. The molecule has 0 aromatic carbocycles. The third kappa shape index (κ3) is 6.17. The zero-order chi connectivity index (χ0) is 13.6. The quantitative estimate of drug-likeness (QED) is 0.818. The minimum absolute atomic E-state index is 0.356. The van der Waals surface area contributed by atoms with E-state index in [0.29, 0.717) is 17.5 Å². The summed E-state index contributed by atoms with van der Waals surface area (Å²) < 4.78 is 5.22. The highest BCUT2D eigenvalue weighted by Gasteiger charge is 2.23. The van der Waals surface area contributed by atoms with Crippen LogP contribution in [0.3, 0.4) is 0 Å². The Morgan fingerprint density at radius 2 is 1.72 bits per heavy atom. The van der Waals surface area contributed by atoms with Crippen molar-refractivity contribution in [1.29, 1.82) is 0 Å². The van der Waals surface area contributed by atoms with Crippen molar-refractivity contribution in [3.63, 3.8) is 0 Å². The van der Waals surface area contributed by atoms with E-state index < -0.39 is 0 Å². The molecule has 0 bridgehead atoms. The number of nitrogens with one attached hydrogen (secondary N) is 1. The van der Waals surface area contributed by atoms with Gasteiger partial charge in [-0.15, -0.1) is 0 Å². The van der Waals surface area contributed by atoms with Crippen molar-refractivity contribution in [2.24, 2.45) is 5.41 Å². The lowest BCUT2D eigenvalue weighted by Gasteiger charge is -2.36. The van der Waals surface area contributed by atoms with Gasteiger partial charge in [-0.05, 0) is 51.6 Å². The molecule has 0 spiro atoms. The lowest BCUT2D eigenvalue weighted by Crippen LogP contribution is -2.45. The lowest BCUT2D eigenvalue weighted by molar-refractivity contribution is 0.107. The highest BCUT2D eigenvalue weighted by Crippen LogP contribution is 2.23. The van der Waals surface area contributed by atoms with Gasteiger partial charge in [-0.25, -0.2) is 0 Å². The molecule has 1 fully saturated rings. The molecule has 1 aliphatic heterocycles. The Bertz CT molecular complexity index is 219. The second-order valence-electron chi connectivity index (χ2n) is 6.73. The maximum Gasteiger partial charge on any atom is 0.0467 e. The van der Waals surface area contributed by atoms with Crippen LogP contribution in [0.2, 0.25) is 0 Å². The molecule has 3 nitrogen and oxygen atoms in total. The van der Waals surface area contributed by atoms with Crippen LogP contribution in [0.15, 0.2) is 0 Å². The summed E-state index contributed by atoms with van der Waals surface area (Å²) in [6.45, 7) is 13.8. The topological polar surface area (TPSA) is 24.5 Å². The van der Waals surface area contributed by atoms with Crippen LogP contribution < -0.4 is 5.32 Å². The van der Waals surface area contributed by atoms with Gasteiger partial charge in [0, 0.05) is 32.3 Å². The van der Waals surface area contributed by atoms with Crippen LogP contribution in [-0.4, -0.2) is 50.3 Å². The van der Waals surface area contributed by atoms with Crippen LogP contribution in [0.25, 0.3) is 0 Å². The van der Waals surface area contributed by atoms with Crippen molar-refractivity contribution in [1.82, 2.24) is 10.2 Å². The second-order valence-corrected chi connectivity index (χ2v) is 6.73. The standard InChI is InChI=1S/C15H32N2O/c1-13-6-9-17(10-7-14(2)16-13)12-15(3,4)8-11-18-5/h13-14,16H,6-12H2,1-5H3. The van der Waals surface area contributed by atoms with Crippen LogP contribution in [0.5, 0.6) is 0 Å². The molecular formula is C15H32N2O. The number of rotatable bonds is 5. The van der Waals surface area contributed by atoms with Crippen molar-refractivity contribution < 1.29 is 4.74 Å². The summed E-state index contributed by atoms with van der Waals surface area (Å²) >= 11 is 0. The van der Waals surface area contributed by atoms with E-state index in [4.69, 9.17) is 4.74 Å². The van der Waals surface area contributed by atoms with Gasteiger partial charge in [-0.1, -0.05) is 13.8 Å². The molecule has 0 aliphatic carbocycles. The summed E-state index contributed by atoms with van der Waals surface area (Å²) in [5, 5.41) is 3.65. The van der Waals surface area contributed by atoms with Gasteiger partial charge in [0.1, 0.15) is 0 Å². The molecule has 2 atom stereocenters. The van der Waals surface area contributed by atoms with Gasteiger partial charge < -0.3 is 15.0 Å². The molecule has 0 amide bonds. The van der Waals surface area contributed by atoms with Crippen molar-refractivity contribution >= 4 is 0 Å². The number of nitrogens with zero attached hydrogens (tertiary/aromatic N) is 1. The van der Waals surface area contributed by atoms with Crippen LogP contribution in [0.1, 0.15) is 47.0 Å². The Labute approximate surface area is 113 Å². The zero-order valence-corrected chi connectivity index (χ0v) is 13.0. The molecule has 1 N–H and O–H groups in total. The molecule has 0 aromatic heterocycles. The van der Waals surface area contributed by atoms with E-state index >= 15 is 0 Å². The van der Waals surface area contributed by atoms with Crippen LogP contribution >= 0.6 is 0 Å². The summed E-state index contributed by atoms with van der Waals surface area (Å²) in [4.78, 5) is 2.64. The van der Waals surface area contributed by atoms with Crippen LogP contribution in [0.4, 0.5) is 0 Å². The molecule has 1 rings (SSSR count). The average Bonchev–Trinajstić information content (AvgIpc) is 2.28. The number of hydrogen-bond donors (Lipinski definition) is 1. The van der Waals surface area contributed by atoms with Gasteiger partial charge in [0.05, 0.1) is 0 Å². The van der Waals surface area contributed by atoms with Crippen molar-refractivity contribution in [2.75, 3.05) is 33.4 Å². The summed E-state index contributed by atoms with van der Waals surface area (Å²) in [5.41, 5.74) is 0.356. The average molecular weight is 256 g/mol. The fraction of sp³-hybridized carbons (Fsp3) is 1.00. The summed E-state index contributed by atoms with van der Waals surface area (Å²) in [6.07, 6.45) is 3.65. The van der Waals surface area contributed by atoms with E-state index in [-0.39, 0.29) is 0 Å². The Morgan fingerprint density at radius 1 is 1.17 bits per heavy atom. The third-order valence-corrected chi connectivity index (χ3v) is 3.96. The first-order valence-corrected chi connectivity index (χ1v) is 7.40. The first-order chi connectivity index (χ1) is 8.43. The monoisotopic (exact) mass is 256 g/mol. The fourth-order valence-electron chi connectivity index (χ4n) is 2.74. The van der Waals surface area contributed by atoms with E-state index in [1.54, 1.807) is 7.11 Å². The lowest BCUT2D eigenvalue weighted by atomic mass is 9.88. The zero-order valence-electron chi connectivity index (χ0n) is 13.0. The molecule has 3 heteroatoms. The first kappa shape index (κ1) is 15.9. The van der Waals surface area contributed by atoms with E-state index in [0.717, 1.165) is 13.0 Å². The van der Waals surface area contributed by atoms with E-state index in [9.17, 15) is 0 Å². The summed E-state index contributed by atoms with van der Waals surface area (Å²) in [7, 11) is 1.79. The minimum Gasteiger partial charge on any atom is -0.385 e. The molecule has 0 radical (unpaired) electrons. The van der Waals surface area contributed by atoms with Crippen molar-refractivity contribution in [2.45, 2.75) is 59.0 Å². The predicted molar refractivity (Wildman–Crippen MR) is 78.0 cm³/mol. The molecule has 108 valence electrons. The van der Waals surface area contributed by atoms with Crippen molar-refractivity contribution in [3.8, 4) is 0 Å². The predicted octanol–water partition coefficient (Wildman–Crippen LogP) is 2.51. The number of ether oxygens (including phenoxy) is 1. The Balaban J connectivity index is 2.43. The highest BCUT2D eigenvalue weighted by atomic mass is 16.5. The SMILES string of the molecule is COCCC(C)(C)CN1CCC(C)NC(C)CC1.